The third kappa shape index (κ3) is 3.51. The lowest BCUT2D eigenvalue weighted by Crippen LogP contribution is -2.38. The van der Waals surface area contributed by atoms with Gasteiger partial charge in [0.15, 0.2) is 0 Å². The second-order valence-electron chi connectivity index (χ2n) is 5.76. The highest BCUT2D eigenvalue weighted by Crippen LogP contribution is 2.25. The number of aromatic nitrogens is 1. The molecular formula is C17H21ClN2O2. The minimum absolute atomic E-state index is 0.330. The molecule has 1 aliphatic heterocycles. The molecule has 1 aliphatic rings. The SMILES string of the molecule is COC1CCCN(Cc2nc(-c3ccc(Cl)cc3)oc2C)C1. The molecule has 1 unspecified atom stereocenters. The maximum absolute atomic E-state index is 5.92. The van der Waals surface area contributed by atoms with Gasteiger partial charge in [0.1, 0.15) is 5.76 Å². The van der Waals surface area contributed by atoms with E-state index < -0.39 is 0 Å². The van der Waals surface area contributed by atoms with Gasteiger partial charge in [-0.25, -0.2) is 4.98 Å². The molecule has 3 rings (SSSR count). The summed E-state index contributed by atoms with van der Waals surface area (Å²) in [5, 5.41) is 0.714. The average Bonchev–Trinajstić information content (AvgIpc) is 2.89. The molecule has 1 aromatic carbocycles. The molecule has 2 heterocycles. The van der Waals surface area contributed by atoms with Gasteiger partial charge in [-0.2, -0.15) is 0 Å². The van der Waals surface area contributed by atoms with Gasteiger partial charge in [-0.3, -0.25) is 4.90 Å². The lowest BCUT2D eigenvalue weighted by Gasteiger charge is -2.31. The highest BCUT2D eigenvalue weighted by atomic mass is 35.5. The first-order chi connectivity index (χ1) is 10.7. The van der Waals surface area contributed by atoms with Crippen LogP contribution in [0.15, 0.2) is 28.7 Å². The quantitative estimate of drug-likeness (QED) is 0.856. The van der Waals surface area contributed by atoms with Crippen molar-refractivity contribution in [3.8, 4) is 11.5 Å². The fourth-order valence-corrected chi connectivity index (χ4v) is 2.98. The molecule has 0 radical (unpaired) electrons. The molecule has 0 bridgehead atoms. The zero-order valence-electron chi connectivity index (χ0n) is 13.0. The number of hydrogen-bond acceptors (Lipinski definition) is 4. The average molecular weight is 321 g/mol. The zero-order chi connectivity index (χ0) is 15.5. The predicted molar refractivity (Wildman–Crippen MR) is 87.0 cm³/mol. The van der Waals surface area contributed by atoms with Crippen molar-refractivity contribution >= 4 is 11.6 Å². The Kier molecular flexibility index (Phi) is 4.81. The topological polar surface area (TPSA) is 38.5 Å². The van der Waals surface area contributed by atoms with Gasteiger partial charge in [-0.1, -0.05) is 11.6 Å². The summed E-state index contributed by atoms with van der Waals surface area (Å²) >= 11 is 5.92. The smallest absolute Gasteiger partial charge is 0.226 e. The summed E-state index contributed by atoms with van der Waals surface area (Å²) in [5.74, 6) is 1.54. The maximum atomic E-state index is 5.92. The largest absolute Gasteiger partial charge is 0.441 e. The van der Waals surface area contributed by atoms with E-state index in [9.17, 15) is 0 Å². The van der Waals surface area contributed by atoms with Crippen LogP contribution in [0.3, 0.4) is 0 Å². The van der Waals surface area contributed by atoms with Crippen LogP contribution in [-0.2, 0) is 11.3 Å². The summed E-state index contributed by atoms with van der Waals surface area (Å²) in [6.07, 6.45) is 2.64. The minimum atomic E-state index is 0.330. The van der Waals surface area contributed by atoms with Crippen molar-refractivity contribution in [3.63, 3.8) is 0 Å². The van der Waals surface area contributed by atoms with E-state index in [1.54, 1.807) is 7.11 Å². The molecular weight excluding hydrogens is 300 g/mol. The Morgan fingerprint density at radius 3 is 2.86 bits per heavy atom. The van der Waals surface area contributed by atoms with Crippen molar-refractivity contribution in [2.75, 3.05) is 20.2 Å². The van der Waals surface area contributed by atoms with Crippen LogP contribution in [0, 0.1) is 6.92 Å². The Balaban J connectivity index is 1.73. The van der Waals surface area contributed by atoms with E-state index in [0.29, 0.717) is 17.0 Å². The molecule has 0 amide bonds. The molecule has 22 heavy (non-hydrogen) atoms. The predicted octanol–water partition coefficient (Wildman–Crippen LogP) is 3.91. The van der Waals surface area contributed by atoms with Gasteiger partial charge in [0.25, 0.3) is 0 Å². The van der Waals surface area contributed by atoms with Crippen LogP contribution in [0.1, 0.15) is 24.3 Å². The summed E-state index contributed by atoms with van der Waals surface area (Å²) in [5.41, 5.74) is 1.95. The Labute approximate surface area is 136 Å². The molecule has 0 aliphatic carbocycles. The van der Waals surface area contributed by atoms with Crippen LogP contribution in [0.5, 0.6) is 0 Å². The zero-order valence-corrected chi connectivity index (χ0v) is 13.8. The molecule has 1 atom stereocenters. The number of oxazole rings is 1. The van der Waals surface area contributed by atoms with Crippen molar-refractivity contribution in [2.45, 2.75) is 32.4 Å². The summed E-state index contributed by atoms with van der Waals surface area (Å²) in [6, 6.07) is 7.56. The molecule has 1 saturated heterocycles. The summed E-state index contributed by atoms with van der Waals surface area (Å²) in [6.45, 7) is 4.82. The van der Waals surface area contributed by atoms with Gasteiger partial charge < -0.3 is 9.15 Å². The van der Waals surface area contributed by atoms with Crippen molar-refractivity contribution in [1.29, 1.82) is 0 Å². The molecule has 118 valence electrons. The Morgan fingerprint density at radius 2 is 2.14 bits per heavy atom. The first-order valence-corrected chi connectivity index (χ1v) is 8.01. The summed E-state index contributed by atoms with van der Waals surface area (Å²) in [4.78, 5) is 7.05. The van der Waals surface area contributed by atoms with E-state index in [1.165, 1.54) is 6.42 Å². The van der Waals surface area contributed by atoms with Crippen LogP contribution in [-0.4, -0.2) is 36.2 Å². The van der Waals surface area contributed by atoms with Crippen molar-refractivity contribution in [2.24, 2.45) is 0 Å². The Bertz CT molecular complexity index is 624. The standard InChI is InChI=1S/C17H21ClN2O2/c1-12-16(11-20-9-3-4-15(10-20)21-2)19-17(22-12)13-5-7-14(18)8-6-13/h5-8,15H,3-4,9-11H2,1-2H3. The van der Waals surface area contributed by atoms with Crippen molar-refractivity contribution in [3.05, 3.63) is 40.7 Å². The van der Waals surface area contributed by atoms with E-state index in [1.807, 2.05) is 31.2 Å². The lowest BCUT2D eigenvalue weighted by molar-refractivity contribution is 0.0280. The number of rotatable bonds is 4. The minimum Gasteiger partial charge on any atom is -0.441 e. The molecule has 4 nitrogen and oxygen atoms in total. The van der Waals surface area contributed by atoms with Crippen LogP contribution < -0.4 is 0 Å². The third-order valence-electron chi connectivity index (χ3n) is 4.15. The number of likely N-dealkylation sites (tertiary alicyclic amines) is 1. The molecule has 0 N–H and O–H groups in total. The molecule has 1 fully saturated rings. The number of ether oxygens (including phenoxy) is 1. The van der Waals surface area contributed by atoms with Gasteiger partial charge in [-0.15, -0.1) is 0 Å². The number of methoxy groups -OCH3 is 1. The van der Waals surface area contributed by atoms with Gasteiger partial charge in [0.05, 0.1) is 11.8 Å². The Hall–Kier alpha value is -1.36. The monoisotopic (exact) mass is 320 g/mol. The molecule has 0 spiro atoms. The third-order valence-corrected chi connectivity index (χ3v) is 4.40. The highest BCUT2D eigenvalue weighted by Gasteiger charge is 2.21. The maximum Gasteiger partial charge on any atom is 0.226 e. The van der Waals surface area contributed by atoms with Gasteiger partial charge in [0, 0.05) is 30.8 Å². The fourth-order valence-electron chi connectivity index (χ4n) is 2.85. The van der Waals surface area contributed by atoms with Gasteiger partial charge in [0.2, 0.25) is 5.89 Å². The number of piperidine rings is 1. The van der Waals surface area contributed by atoms with Crippen molar-refractivity contribution < 1.29 is 9.15 Å². The van der Waals surface area contributed by atoms with E-state index in [2.05, 4.69) is 9.88 Å². The number of benzene rings is 1. The van der Waals surface area contributed by atoms with Crippen LogP contribution >= 0.6 is 11.6 Å². The summed E-state index contributed by atoms with van der Waals surface area (Å²) < 4.78 is 11.3. The van der Waals surface area contributed by atoms with E-state index >= 15 is 0 Å². The number of halogens is 1. The number of aryl methyl sites for hydroxylation is 1. The van der Waals surface area contributed by atoms with Crippen molar-refractivity contribution in [1.82, 2.24) is 9.88 Å². The lowest BCUT2D eigenvalue weighted by atomic mass is 10.1. The van der Waals surface area contributed by atoms with E-state index in [4.69, 9.17) is 20.8 Å². The van der Waals surface area contributed by atoms with Crippen LogP contribution in [0.25, 0.3) is 11.5 Å². The van der Waals surface area contributed by atoms with Crippen LogP contribution in [0.2, 0.25) is 5.02 Å². The molecule has 0 saturated carbocycles. The number of nitrogens with zero attached hydrogens (tertiary/aromatic N) is 2. The fraction of sp³-hybridized carbons (Fsp3) is 0.471. The molecule has 5 heteroatoms. The second kappa shape index (κ2) is 6.82. The first kappa shape index (κ1) is 15.5. The van der Waals surface area contributed by atoms with Gasteiger partial charge >= 0.3 is 0 Å². The Morgan fingerprint density at radius 1 is 1.36 bits per heavy atom. The highest BCUT2D eigenvalue weighted by molar-refractivity contribution is 6.30. The first-order valence-electron chi connectivity index (χ1n) is 7.63. The van der Waals surface area contributed by atoms with E-state index in [0.717, 1.165) is 43.1 Å². The summed E-state index contributed by atoms with van der Waals surface area (Å²) in [7, 11) is 1.79. The van der Waals surface area contributed by atoms with Gasteiger partial charge in [-0.05, 0) is 50.6 Å². The molecule has 2 aromatic rings. The van der Waals surface area contributed by atoms with Crippen LogP contribution in [0.4, 0.5) is 0 Å². The number of hydrogen-bond donors (Lipinski definition) is 0. The normalized spacial score (nSPS) is 19.5. The van der Waals surface area contributed by atoms with E-state index in [-0.39, 0.29) is 0 Å². The molecule has 1 aromatic heterocycles. The second-order valence-corrected chi connectivity index (χ2v) is 6.20.